The SMILES string of the molecule is Fc1cc(C(F)(F)F)cc(C(F)(F)F)c1[C@H](N1CCNCC1)C(F)(F)F. The van der Waals surface area contributed by atoms with Gasteiger partial charge in [-0.25, -0.2) is 4.39 Å². The van der Waals surface area contributed by atoms with Crippen LogP contribution < -0.4 is 5.32 Å². The Bertz CT molecular complexity index is 641. The van der Waals surface area contributed by atoms with E-state index >= 15 is 0 Å². The van der Waals surface area contributed by atoms with E-state index in [4.69, 9.17) is 0 Å². The quantitative estimate of drug-likeness (QED) is 0.745. The van der Waals surface area contributed by atoms with Crippen LogP contribution in [-0.2, 0) is 12.4 Å². The summed E-state index contributed by atoms with van der Waals surface area (Å²) in [6, 6.07) is -3.84. The average Bonchev–Trinajstić information content (AvgIpc) is 2.46. The van der Waals surface area contributed by atoms with Crippen LogP contribution in [0.15, 0.2) is 12.1 Å². The van der Waals surface area contributed by atoms with Crippen LogP contribution in [-0.4, -0.2) is 37.3 Å². The molecule has 0 aromatic heterocycles. The number of nitrogens with zero attached hydrogens (tertiary/aromatic N) is 1. The number of piperazine rings is 1. The standard InChI is InChI=1S/C14H12F10N2/c15-9-6-7(12(16,17)18)5-8(13(19,20)21)10(9)11(14(22,23)24)26-3-1-25-2-4-26/h5-6,11,25H,1-4H2/t11-/m0/s1. The van der Waals surface area contributed by atoms with Crippen LogP contribution in [0.1, 0.15) is 22.7 Å². The summed E-state index contributed by atoms with van der Waals surface area (Å²) in [7, 11) is 0. The molecule has 1 atom stereocenters. The third-order valence-corrected chi connectivity index (χ3v) is 3.86. The molecular formula is C14H12F10N2. The zero-order valence-corrected chi connectivity index (χ0v) is 12.8. The minimum absolute atomic E-state index is 0.0101. The van der Waals surface area contributed by atoms with Crippen molar-refractivity contribution in [1.82, 2.24) is 10.2 Å². The van der Waals surface area contributed by atoms with Gasteiger partial charge in [0.2, 0.25) is 0 Å². The lowest BCUT2D eigenvalue weighted by atomic mass is 9.94. The Morgan fingerprint density at radius 2 is 1.38 bits per heavy atom. The van der Waals surface area contributed by atoms with Crippen LogP contribution in [0.5, 0.6) is 0 Å². The van der Waals surface area contributed by atoms with Crippen molar-refractivity contribution in [3.63, 3.8) is 0 Å². The number of hydrogen-bond donors (Lipinski definition) is 1. The first-order chi connectivity index (χ1) is 11.7. The maximum Gasteiger partial charge on any atom is 0.416 e. The molecule has 148 valence electrons. The topological polar surface area (TPSA) is 15.3 Å². The molecule has 0 bridgehead atoms. The first kappa shape index (κ1) is 20.7. The lowest BCUT2D eigenvalue weighted by molar-refractivity contribution is -0.191. The summed E-state index contributed by atoms with van der Waals surface area (Å²) in [6.45, 7) is -0.670. The number of nitrogens with one attached hydrogen (secondary N) is 1. The van der Waals surface area contributed by atoms with Crippen LogP contribution in [0.25, 0.3) is 0 Å². The molecule has 1 heterocycles. The van der Waals surface area contributed by atoms with Crippen molar-refractivity contribution in [3.8, 4) is 0 Å². The Morgan fingerprint density at radius 1 is 0.846 bits per heavy atom. The molecule has 0 spiro atoms. The molecule has 1 saturated heterocycles. The third kappa shape index (κ3) is 4.40. The molecule has 0 unspecified atom stereocenters. The summed E-state index contributed by atoms with van der Waals surface area (Å²) in [4.78, 5) is 0.567. The van der Waals surface area contributed by atoms with E-state index < -0.39 is 53.1 Å². The van der Waals surface area contributed by atoms with Gasteiger partial charge in [0.15, 0.2) is 0 Å². The molecule has 2 nitrogen and oxygen atoms in total. The molecule has 0 radical (unpaired) electrons. The second-order valence-electron chi connectivity index (χ2n) is 5.64. The fourth-order valence-electron chi connectivity index (χ4n) is 2.79. The number of alkyl halides is 9. The predicted octanol–water partition coefficient (Wildman–Crippen LogP) is 4.37. The Morgan fingerprint density at radius 3 is 1.81 bits per heavy atom. The minimum Gasteiger partial charge on any atom is -0.314 e. The van der Waals surface area contributed by atoms with Gasteiger partial charge in [-0.2, -0.15) is 39.5 Å². The molecule has 1 aromatic rings. The molecule has 1 aromatic carbocycles. The highest BCUT2D eigenvalue weighted by molar-refractivity contribution is 5.39. The zero-order valence-electron chi connectivity index (χ0n) is 12.8. The third-order valence-electron chi connectivity index (χ3n) is 3.86. The lowest BCUT2D eigenvalue weighted by Gasteiger charge is -2.37. The maximum absolute atomic E-state index is 14.2. The van der Waals surface area contributed by atoms with E-state index in [1.165, 1.54) is 0 Å². The Labute approximate surface area is 140 Å². The minimum atomic E-state index is -5.60. The van der Waals surface area contributed by atoms with E-state index in [0.29, 0.717) is 4.90 Å². The Kier molecular flexibility index (Phi) is 5.48. The van der Waals surface area contributed by atoms with Crippen molar-refractivity contribution in [2.75, 3.05) is 26.2 Å². The molecular weight excluding hydrogens is 386 g/mol. The first-order valence-corrected chi connectivity index (χ1v) is 7.22. The zero-order chi connectivity index (χ0) is 19.9. The molecule has 1 aliphatic rings. The van der Waals surface area contributed by atoms with Crippen molar-refractivity contribution < 1.29 is 43.9 Å². The van der Waals surface area contributed by atoms with Gasteiger partial charge in [0.25, 0.3) is 0 Å². The largest absolute Gasteiger partial charge is 0.416 e. The van der Waals surface area contributed by atoms with E-state index in [-0.39, 0.29) is 32.2 Å². The van der Waals surface area contributed by atoms with Crippen LogP contribution >= 0.6 is 0 Å². The summed E-state index contributed by atoms with van der Waals surface area (Å²) in [6.07, 6.45) is -16.3. The van der Waals surface area contributed by atoms with Gasteiger partial charge >= 0.3 is 18.5 Å². The molecule has 1 fully saturated rings. The van der Waals surface area contributed by atoms with Crippen molar-refractivity contribution in [2.24, 2.45) is 0 Å². The van der Waals surface area contributed by atoms with E-state index in [2.05, 4.69) is 5.32 Å². The van der Waals surface area contributed by atoms with E-state index in [1.54, 1.807) is 0 Å². The van der Waals surface area contributed by atoms with Gasteiger partial charge < -0.3 is 5.32 Å². The van der Waals surface area contributed by atoms with Gasteiger partial charge in [0.05, 0.1) is 11.1 Å². The predicted molar refractivity (Wildman–Crippen MR) is 69.6 cm³/mol. The summed E-state index contributed by atoms with van der Waals surface area (Å²) < 4.78 is 132. The number of rotatable bonds is 2. The highest BCUT2D eigenvalue weighted by Gasteiger charge is 2.51. The van der Waals surface area contributed by atoms with Crippen molar-refractivity contribution in [3.05, 3.63) is 34.6 Å². The normalized spacial score (nSPS) is 18.8. The van der Waals surface area contributed by atoms with Gasteiger partial charge in [-0.3, -0.25) is 4.90 Å². The second kappa shape index (κ2) is 6.87. The van der Waals surface area contributed by atoms with Crippen molar-refractivity contribution in [2.45, 2.75) is 24.6 Å². The summed E-state index contributed by atoms with van der Waals surface area (Å²) >= 11 is 0. The van der Waals surface area contributed by atoms with Crippen LogP contribution in [0, 0.1) is 5.82 Å². The molecule has 1 N–H and O–H groups in total. The Balaban J connectivity index is 2.71. The fourth-order valence-corrected chi connectivity index (χ4v) is 2.79. The summed E-state index contributed by atoms with van der Waals surface area (Å²) in [5, 5.41) is 2.69. The summed E-state index contributed by atoms with van der Waals surface area (Å²) in [5.74, 6) is -2.20. The molecule has 1 aliphatic heterocycles. The van der Waals surface area contributed by atoms with E-state index in [9.17, 15) is 43.9 Å². The number of halogens is 10. The van der Waals surface area contributed by atoms with Gasteiger partial charge in [-0.05, 0) is 12.1 Å². The van der Waals surface area contributed by atoms with E-state index in [0.717, 1.165) is 0 Å². The van der Waals surface area contributed by atoms with Crippen LogP contribution in [0.2, 0.25) is 0 Å². The highest BCUT2D eigenvalue weighted by Crippen LogP contribution is 2.46. The molecule has 26 heavy (non-hydrogen) atoms. The van der Waals surface area contributed by atoms with Crippen LogP contribution in [0.3, 0.4) is 0 Å². The molecule has 12 heteroatoms. The van der Waals surface area contributed by atoms with Gasteiger partial charge in [-0.15, -0.1) is 0 Å². The molecule has 0 amide bonds. The number of hydrogen-bond acceptors (Lipinski definition) is 2. The van der Waals surface area contributed by atoms with Gasteiger partial charge in [0.1, 0.15) is 11.9 Å². The molecule has 0 aliphatic carbocycles. The molecule has 2 rings (SSSR count). The van der Waals surface area contributed by atoms with Crippen molar-refractivity contribution in [1.29, 1.82) is 0 Å². The monoisotopic (exact) mass is 398 g/mol. The van der Waals surface area contributed by atoms with E-state index in [1.807, 2.05) is 0 Å². The van der Waals surface area contributed by atoms with Gasteiger partial charge in [-0.1, -0.05) is 0 Å². The Hall–Kier alpha value is -1.56. The lowest BCUT2D eigenvalue weighted by Crippen LogP contribution is -2.49. The fraction of sp³-hybridized carbons (Fsp3) is 0.571. The smallest absolute Gasteiger partial charge is 0.314 e. The van der Waals surface area contributed by atoms with Crippen LogP contribution in [0.4, 0.5) is 43.9 Å². The highest BCUT2D eigenvalue weighted by atomic mass is 19.4. The average molecular weight is 398 g/mol. The summed E-state index contributed by atoms with van der Waals surface area (Å²) in [5.41, 5.74) is -6.14. The maximum atomic E-state index is 14.2. The molecule has 0 saturated carbocycles. The van der Waals surface area contributed by atoms with Gasteiger partial charge in [0, 0.05) is 31.7 Å². The first-order valence-electron chi connectivity index (χ1n) is 7.22. The number of benzene rings is 1. The van der Waals surface area contributed by atoms with Crippen molar-refractivity contribution >= 4 is 0 Å². The second-order valence-corrected chi connectivity index (χ2v) is 5.64.